The first-order valence-electron chi connectivity index (χ1n) is 7.85. The smallest absolute Gasteiger partial charge is 0.327 e. The molecule has 1 aromatic heterocycles. The molecule has 1 amide bonds. The molecule has 130 valence electrons. The third kappa shape index (κ3) is 3.09. The second-order valence-corrected chi connectivity index (χ2v) is 7.97. The quantitative estimate of drug-likeness (QED) is 0.656. The Bertz CT molecular complexity index is 914. The highest BCUT2D eigenvalue weighted by atomic mass is 32.2. The lowest BCUT2D eigenvalue weighted by Crippen LogP contribution is -2.47. The van der Waals surface area contributed by atoms with E-state index < -0.39 is 12.0 Å². The Morgan fingerprint density at radius 2 is 2.00 bits per heavy atom. The number of carbonyl (C=O) groups is 2. The number of hydrogen-bond acceptors (Lipinski definition) is 4. The van der Waals surface area contributed by atoms with E-state index in [4.69, 9.17) is 12.2 Å². The first-order valence-corrected chi connectivity index (χ1v) is 9.07. The molecular weight excluding hydrogens is 356 g/mol. The molecule has 0 radical (unpaired) electrons. The summed E-state index contributed by atoms with van der Waals surface area (Å²) < 4.78 is 2.29. The number of aliphatic carboxylic acids is 1. The molecule has 1 fully saturated rings. The van der Waals surface area contributed by atoms with Gasteiger partial charge < -0.3 is 9.67 Å². The molecule has 25 heavy (non-hydrogen) atoms. The summed E-state index contributed by atoms with van der Waals surface area (Å²) in [5.41, 5.74) is 1.98. The van der Waals surface area contributed by atoms with Crippen molar-refractivity contribution in [3.05, 3.63) is 40.9 Å². The van der Waals surface area contributed by atoms with Gasteiger partial charge in [-0.05, 0) is 18.1 Å². The molecular formula is C18H18N2O3S2. The lowest BCUT2D eigenvalue weighted by Gasteiger charge is -2.26. The van der Waals surface area contributed by atoms with E-state index in [0.29, 0.717) is 4.91 Å². The number of nitrogens with zero attached hydrogens (tertiary/aromatic N) is 2. The molecule has 0 saturated carbocycles. The van der Waals surface area contributed by atoms with Gasteiger partial charge in [-0.15, -0.1) is 0 Å². The van der Waals surface area contributed by atoms with E-state index in [1.54, 1.807) is 19.9 Å². The first-order chi connectivity index (χ1) is 11.8. The fourth-order valence-electron chi connectivity index (χ4n) is 3.04. The average molecular weight is 374 g/mol. The zero-order valence-electron chi connectivity index (χ0n) is 14.1. The largest absolute Gasteiger partial charge is 0.480 e. The maximum Gasteiger partial charge on any atom is 0.327 e. The van der Waals surface area contributed by atoms with Gasteiger partial charge in [0.1, 0.15) is 10.4 Å². The second-order valence-electron chi connectivity index (χ2n) is 6.29. The zero-order chi connectivity index (χ0) is 18.3. The standard InChI is InChI=1S/C18H18N2O3S2/c1-10(2)15(17(22)23)20-16(21)14(25-18(20)24)8-11-9-19(3)13-7-5-4-6-12(11)13/h4-10,15H,1-3H3,(H,22,23)/b14-8-. The molecule has 1 aliphatic rings. The number of thiocarbonyl (C=S) groups is 1. The fraction of sp³-hybridized carbons (Fsp3) is 0.278. The van der Waals surface area contributed by atoms with Crippen molar-refractivity contribution in [2.24, 2.45) is 13.0 Å². The molecule has 2 heterocycles. The Kier molecular flexibility index (Phi) is 4.71. The van der Waals surface area contributed by atoms with Crippen LogP contribution in [-0.4, -0.2) is 36.8 Å². The SMILES string of the molecule is CC(C)C(C(=O)O)N1C(=O)/C(=C/c2cn(C)c3ccccc23)SC1=S. The molecule has 7 heteroatoms. The maximum atomic E-state index is 12.8. The number of carboxylic acids is 1. The predicted octanol–water partition coefficient (Wildman–Crippen LogP) is 3.49. The Balaban J connectivity index is 2.01. The fourth-order valence-corrected chi connectivity index (χ4v) is 4.36. The molecule has 5 nitrogen and oxygen atoms in total. The summed E-state index contributed by atoms with van der Waals surface area (Å²) in [6, 6.07) is 6.97. The van der Waals surface area contributed by atoms with E-state index in [2.05, 4.69) is 0 Å². The van der Waals surface area contributed by atoms with Gasteiger partial charge in [0.15, 0.2) is 0 Å². The van der Waals surface area contributed by atoms with Crippen LogP contribution < -0.4 is 0 Å². The van der Waals surface area contributed by atoms with Crippen molar-refractivity contribution in [1.82, 2.24) is 9.47 Å². The summed E-state index contributed by atoms with van der Waals surface area (Å²) in [5, 5.41) is 10.5. The molecule has 1 aromatic carbocycles. The summed E-state index contributed by atoms with van der Waals surface area (Å²) in [7, 11) is 1.95. The minimum atomic E-state index is -1.04. The van der Waals surface area contributed by atoms with Gasteiger partial charge in [0, 0.05) is 29.7 Å². The van der Waals surface area contributed by atoms with Gasteiger partial charge in [-0.3, -0.25) is 9.69 Å². The van der Waals surface area contributed by atoms with Crippen LogP contribution in [0.2, 0.25) is 0 Å². The highest BCUT2D eigenvalue weighted by Gasteiger charge is 2.41. The van der Waals surface area contributed by atoms with E-state index in [0.717, 1.165) is 28.2 Å². The number of aromatic nitrogens is 1. The summed E-state index contributed by atoms with van der Waals surface area (Å²) >= 11 is 6.44. The number of carboxylic acid groups (broad SMARTS) is 1. The number of amides is 1. The monoisotopic (exact) mass is 374 g/mol. The Labute approximate surface area is 155 Å². The molecule has 2 aromatic rings. The summed E-state index contributed by atoms with van der Waals surface area (Å²) in [4.78, 5) is 26.0. The summed E-state index contributed by atoms with van der Waals surface area (Å²) in [6.07, 6.45) is 3.75. The number of benzene rings is 1. The van der Waals surface area contributed by atoms with Gasteiger partial charge >= 0.3 is 5.97 Å². The number of aryl methyl sites for hydroxylation is 1. The van der Waals surface area contributed by atoms with E-state index in [1.807, 2.05) is 42.1 Å². The lowest BCUT2D eigenvalue weighted by molar-refractivity contribution is -0.146. The number of carbonyl (C=O) groups excluding carboxylic acids is 1. The minimum absolute atomic E-state index is 0.239. The number of rotatable bonds is 4. The van der Waals surface area contributed by atoms with Crippen molar-refractivity contribution in [2.75, 3.05) is 0 Å². The van der Waals surface area contributed by atoms with E-state index in [1.165, 1.54) is 4.90 Å². The molecule has 3 rings (SSSR count). The number of para-hydroxylation sites is 1. The average Bonchev–Trinajstić information content (AvgIpc) is 3.00. The van der Waals surface area contributed by atoms with Crippen molar-refractivity contribution in [3.8, 4) is 0 Å². The summed E-state index contributed by atoms with van der Waals surface area (Å²) in [5.74, 6) is -1.63. The second kappa shape index (κ2) is 6.65. The lowest BCUT2D eigenvalue weighted by atomic mass is 10.0. The van der Waals surface area contributed by atoms with Crippen LogP contribution in [0, 0.1) is 5.92 Å². The van der Waals surface area contributed by atoms with E-state index in [-0.39, 0.29) is 16.1 Å². The van der Waals surface area contributed by atoms with Crippen LogP contribution in [0.15, 0.2) is 35.4 Å². The van der Waals surface area contributed by atoms with Gasteiger partial charge in [0.2, 0.25) is 0 Å². The van der Waals surface area contributed by atoms with Gasteiger partial charge in [-0.1, -0.05) is 56.0 Å². The highest BCUT2D eigenvalue weighted by Crippen LogP contribution is 2.36. The maximum absolute atomic E-state index is 12.8. The van der Waals surface area contributed by atoms with Crippen LogP contribution >= 0.6 is 24.0 Å². The number of fused-ring (bicyclic) bond motifs is 1. The normalized spacial score (nSPS) is 17.9. The molecule has 0 aliphatic carbocycles. The minimum Gasteiger partial charge on any atom is -0.480 e. The van der Waals surface area contributed by atoms with Crippen molar-refractivity contribution in [2.45, 2.75) is 19.9 Å². The third-order valence-electron chi connectivity index (χ3n) is 4.20. The van der Waals surface area contributed by atoms with Gasteiger partial charge in [0.25, 0.3) is 5.91 Å². The molecule has 1 atom stereocenters. The molecule has 0 spiro atoms. The van der Waals surface area contributed by atoms with Gasteiger partial charge in [0.05, 0.1) is 4.91 Å². The van der Waals surface area contributed by atoms with Crippen LogP contribution in [0.5, 0.6) is 0 Å². The zero-order valence-corrected chi connectivity index (χ0v) is 15.7. The van der Waals surface area contributed by atoms with Gasteiger partial charge in [-0.2, -0.15) is 0 Å². The van der Waals surface area contributed by atoms with Crippen LogP contribution in [0.1, 0.15) is 19.4 Å². The van der Waals surface area contributed by atoms with Crippen molar-refractivity contribution >= 4 is 57.2 Å². The Hall–Kier alpha value is -2.12. The molecule has 0 bridgehead atoms. The van der Waals surface area contributed by atoms with Crippen LogP contribution in [0.3, 0.4) is 0 Å². The first kappa shape index (κ1) is 17.7. The third-order valence-corrected chi connectivity index (χ3v) is 5.53. The molecule has 1 saturated heterocycles. The van der Waals surface area contributed by atoms with E-state index in [9.17, 15) is 14.7 Å². The van der Waals surface area contributed by atoms with Crippen molar-refractivity contribution < 1.29 is 14.7 Å². The molecule has 1 N–H and O–H groups in total. The molecule has 1 aliphatic heterocycles. The van der Waals surface area contributed by atoms with E-state index >= 15 is 0 Å². The predicted molar refractivity (Wildman–Crippen MR) is 104 cm³/mol. The number of thioether (sulfide) groups is 1. The highest BCUT2D eigenvalue weighted by molar-refractivity contribution is 8.26. The topological polar surface area (TPSA) is 62.5 Å². The van der Waals surface area contributed by atoms with Crippen molar-refractivity contribution in [1.29, 1.82) is 0 Å². The Morgan fingerprint density at radius 3 is 2.64 bits per heavy atom. The van der Waals surface area contributed by atoms with Gasteiger partial charge in [-0.25, -0.2) is 4.79 Å². The number of hydrogen-bond donors (Lipinski definition) is 1. The summed E-state index contributed by atoms with van der Waals surface area (Å²) in [6.45, 7) is 3.54. The van der Waals surface area contributed by atoms with Crippen molar-refractivity contribution in [3.63, 3.8) is 0 Å². The van der Waals surface area contributed by atoms with Crippen LogP contribution in [0.25, 0.3) is 17.0 Å². The Morgan fingerprint density at radius 1 is 1.32 bits per heavy atom. The molecule has 1 unspecified atom stereocenters. The van der Waals surface area contributed by atoms with Crippen LogP contribution in [0.4, 0.5) is 0 Å². The van der Waals surface area contributed by atoms with Crippen LogP contribution in [-0.2, 0) is 16.6 Å².